The Morgan fingerprint density at radius 3 is 2.57 bits per heavy atom. The molecule has 1 aromatic heterocycles. The molecule has 1 heterocycles. The number of nitrogens with zero attached hydrogens (tertiary/aromatic N) is 1. The van der Waals surface area contributed by atoms with Gasteiger partial charge in [-0.3, -0.25) is 0 Å². The van der Waals surface area contributed by atoms with Gasteiger partial charge in [-0.2, -0.15) is 13.2 Å². The summed E-state index contributed by atoms with van der Waals surface area (Å²) in [5.74, 6) is -0.852. The number of hydrogen-bond donors (Lipinski definition) is 1. The Morgan fingerprint density at radius 2 is 1.96 bits per heavy atom. The molecule has 0 unspecified atom stereocenters. The van der Waals surface area contributed by atoms with Crippen LogP contribution in [0.2, 0.25) is 0 Å². The van der Waals surface area contributed by atoms with E-state index in [1.54, 1.807) is 6.08 Å². The van der Waals surface area contributed by atoms with Gasteiger partial charge in [-0.25, -0.2) is 9.78 Å². The van der Waals surface area contributed by atoms with Crippen LogP contribution in [0, 0.1) is 0 Å². The minimum Gasteiger partial charge on any atom is -0.480 e. The summed E-state index contributed by atoms with van der Waals surface area (Å²) in [6, 6.07) is 4.64. The molecule has 0 aliphatic carbocycles. The van der Waals surface area contributed by atoms with Crippen molar-refractivity contribution in [3.63, 3.8) is 0 Å². The number of aliphatic carboxylic acids is 1. The summed E-state index contributed by atoms with van der Waals surface area (Å²) < 4.78 is 47.3. The smallest absolute Gasteiger partial charge is 0.416 e. The molecule has 23 heavy (non-hydrogen) atoms. The van der Waals surface area contributed by atoms with Crippen LogP contribution < -0.4 is 0 Å². The minimum absolute atomic E-state index is 0.0100. The van der Waals surface area contributed by atoms with E-state index in [1.807, 2.05) is 0 Å². The summed E-state index contributed by atoms with van der Waals surface area (Å²) in [4.78, 5) is 14.3. The lowest BCUT2D eigenvalue weighted by Gasteiger charge is -2.05. The summed E-state index contributed by atoms with van der Waals surface area (Å²) in [5.41, 5.74) is 0.252. The number of ether oxygens (including phenoxy) is 1. The average molecular weight is 327 g/mol. The van der Waals surface area contributed by atoms with Crippen molar-refractivity contribution in [2.45, 2.75) is 12.8 Å². The Balaban J connectivity index is 1.95. The molecule has 1 N–H and O–H groups in total. The van der Waals surface area contributed by atoms with Gasteiger partial charge in [0, 0.05) is 6.08 Å². The van der Waals surface area contributed by atoms with Crippen molar-refractivity contribution in [2.75, 3.05) is 6.61 Å². The number of oxazole rings is 1. The number of carboxylic acids is 1. The van der Waals surface area contributed by atoms with E-state index >= 15 is 0 Å². The largest absolute Gasteiger partial charge is 0.480 e. The van der Waals surface area contributed by atoms with Gasteiger partial charge in [0.15, 0.2) is 0 Å². The predicted molar refractivity (Wildman–Crippen MR) is 74.2 cm³/mol. The number of aromatic nitrogens is 1. The standard InChI is InChI=1S/C15H12F3NO4/c16-15(17,18)11-4-1-10(2-5-11)3-6-13-19-12(8-23-13)7-22-9-14(20)21/h1-6,8H,7,9H2,(H,20,21)/b6-3+. The van der Waals surface area contributed by atoms with Crippen molar-refractivity contribution in [3.8, 4) is 0 Å². The second kappa shape index (κ2) is 7.10. The van der Waals surface area contributed by atoms with Crippen molar-refractivity contribution < 1.29 is 32.2 Å². The highest BCUT2D eigenvalue weighted by atomic mass is 19.4. The summed E-state index contributed by atoms with van der Waals surface area (Å²) >= 11 is 0. The normalized spacial score (nSPS) is 12.0. The molecule has 1 aromatic carbocycles. The van der Waals surface area contributed by atoms with Crippen molar-refractivity contribution in [2.24, 2.45) is 0 Å². The third-order valence-corrected chi connectivity index (χ3v) is 2.70. The summed E-state index contributed by atoms with van der Waals surface area (Å²) in [6.45, 7) is -0.451. The molecule has 5 nitrogen and oxygen atoms in total. The van der Waals surface area contributed by atoms with E-state index in [9.17, 15) is 18.0 Å². The molecule has 0 atom stereocenters. The van der Waals surface area contributed by atoms with E-state index in [1.165, 1.54) is 24.5 Å². The van der Waals surface area contributed by atoms with Gasteiger partial charge in [-0.15, -0.1) is 0 Å². The molecule has 122 valence electrons. The predicted octanol–water partition coefficient (Wildman–Crippen LogP) is 3.47. The third-order valence-electron chi connectivity index (χ3n) is 2.70. The van der Waals surface area contributed by atoms with Gasteiger partial charge in [0.2, 0.25) is 5.89 Å². The highest BCUT2D eigenvalue weighted by molar-refractivity contribution is 5.68. The minimum atomic E-state index is -4.37. The number of carboxylic acid groups (broad SMARTS) is 1. The van der Waals surface area contributed by atoms with Crippen LogP contribution in [0.5, 0.6) is 0 Å². The number of carbonyl (C=O) groups is 1. The number of halogens is 3. The van der Waals surface area contributed by atoms with E-state index in [2.05, 4.69) is 4.98 Å². The molecule has 0 spiro atoms. The lowest BCUT2D eigenvalue weighted by molar-refractivity contribution is -0.142. The zero-order valence-corrected chi connectivity index (χ0v) is 11.7. The second-order valence-electron chi connectivity index (χ2n) is 4.52. The first-order valence-corrected chi connectivity index (χ1v) is 6.44. The van der Waals surface area contributed by atoms with Crippen LogP contribution in [-0.4, -0.2) is 22.7 Å². The molecule has 0 bridgehead atoms. The van der Waals surface area contributed by atoms with Crippen LogP contribution in [0.4, 0.5) is 13.2 Å². The van der Waals surface area contributed by atoms with Crippen LogP contribution in [0.3, 0.4) is 0 Å². The maximum Gasteiger partial charge on any atom is 0.416 e. The number of hydrogen-bond acceptors (Lipinski definition) is 4. The molecule has 0 radical (unpaired) electrons. The summed E-state index contributed by atoms with van der Waals surface area (Å²) in [7, 11) is 0. The molecule has 2 rings (SSSR count). The summed E-state index contributed by atoms with van der Waals surface area (Å²) in [6.07, 6.45) is -0.0128. The fourth-order valence-corrected chi connectivity index (χ4v) is 1.66. The molecule has 0 aliphatic heterocycles. The first-order valence-electron chi connectivity index (χ1n) is 6.44. The van der Waals surface area contributed by atoms with E-state index in [4.69, 9.17) is 14.3 Å². The Hall–Kier alpha value is -2.61. The Bertz CT molecular complexity index is 689. The third kappa shape index (κ3) is 5.26. The highest BCUT2D eigenvalue weighted by Gasteiger charge is 2.29. The molecule has 2 aromatic rings. The van der Waals surface area contributed by atoms with E-state index in [0.29, 0.717) is 11.3 Å². The average Bonchev–Trinajstić information content (AvgIpc) is 2.92. The molecule has 0 amide bonds. The molecular weight excluding hydrogens is 315 g/mol. The highest BCUT2D eigenvalue weighted by Crippen LogP contribution is 2.29. The van der Waals surface area contributed by atoms with Crippen LogP contribution in [-0.2, 0) is 22.3 Å². The fraction of sp³-hybridized carbons (Fsp3) is 0.200. The number of rotatable bonds is 6. The van der Waals surface area contributed by atoms with E-state index < -0.39 is 24.3 Å². The SMILES string of the molecule is O=C(O)COCc1coc(/C=C/c2ccc(C(F)(F)F)cc2)n1. The first kappa shape index (κ1) is 16.8. The van der Waals surface area contributed by atoms with E-state index in [0.717, 1.165) is 12.1 Å². The number of benzene rings is 1. The lowest BCUT2D eigenvalue weighted by Crippen LogP contribution is -2.06. The topological polar surface area (TPSA) is 72.6 Å². The molecule has 8 heteroatoms. The van der Waals surface area contributed by atoms with Crippen molar-refractivity contribution in [1.29, 1.82) is 0 Å². The second-order valence-corrected chi connectivity index (χ2v) is 4.52. The monoisotopic (exact) mass is 327 g/mol. The summed E-state index contributed by atoms with van der Waals surface area (Å²) in [5, 5.41) is 8.43. The van der Waals surface area contributed by atoms with Gasteiger partial charge in [0.25, 0.3) is 0 Å². The van der Waals surface area contributed by atoms with Gasteiger partial charge < -0.3 is 14.3 Å². The molecule has 0 saturated heterocycles. The van der Waals surface area contributed by atoms with Gasteiger partial charge in [0.05, 0.1) is 12.2 Å². The molecule has 0 fully saturated rings. The zero-order chi connectivity index (χ0) is 16.9. The van der Waals surface area contributed by atoms with Crippen LogP contribution >= 0.6 is 0 Å². The van der Waals surface area contributed by atoms with Crippen LogP contribution in [0.15, 0.2) is 34.9 Å². The van der Waals surface area contributed by atoms with E-state index in [-0.39, 0.29) is 12.5 Å². The Morgan fingerprint density at radius 1 is 1.26 bits per heavy atom. The fourth-order valence-electron chi connectivity index (χ4n) is 1.66. The van der Waals surface area contributed by atoms with Gasteiger partial charge in [0.1, 0.15) is 18.6 Å². The quantitative estimate of drug-likeness (QED) is 0.879. The molecule has 0 saturated carbocycles. The van der Waals surface area contributed by atoms with Crippen LogP contribution in [0.1, 0.15) is 22.7 Å². The number of alkyl halides is 3. The maximum atomic E-state index is 12.4. The first-order chi connectivity index (χ1) is 10.8. The van der Waals surface area contributed by atoms with Crippen molar-refractivity contribution in [3.05, 3.63) is 53.2 Å². The molecule has 0 aliphatic rings. The van der Waals surface area contributed by atoms with Gasteiger partial charge >= 0.3 is 12.1 Å². The van der Waals surface area contributed by atoms with Crippen molar-refractivity contribution >= 4 is 18.1 Å². The van der Waals surface area contributed by atoms with Crippen molar-refractivity contribution in [1.82, 2.24) is 4.98 Å². The lowest BCUT2D eigenvalue weighted by atomic mass is 10.1. The van der Waals surface area contributed by atoms with Gasteiger partial charge in [-0.1, -0.05) is 12.1 Å². The Kier molecular flexibility index (Phi) is 5.17. The van der Waals surface area contributed by atoms with Gasteiger partial charge in [-0.05, 0) is 23.8 Å². The zero-order valence-electron chi connectivity index (χ0n) is 11.7. The Labute approximate surface area is 129 Å². The maximum absolute atomic E-state index is 12.4. The molecular formula is C15H12F3NO4. The van der Waals surface area contributed by atoms with Crippen LogP contribution in [0.25, 0.3) is 12.2 Å².